The zero-order valence-electron chi connectivity index (χ0n) is 12.7. The molecule has 1 aromatic carbocycles. The standard InChI is InChI=1S/C17H21Cl2NO/c1-15(2)9-8-13(11-6-4-5-7-12(11)15)20-14(21)16(3)10-17(16,18)19/h4-7,13H,8-10H2,1-3H3,(H,20,21)/t13-,16+/m1/s1. The van der Waals surface area contributed by atoms with Crippen LogP contribution in [0.5, 0.6) is 0 Å². The van der Waals surface area contributed by atoms with Gasteiger partial charge < -0.3 is 5.32 Å². The SMILES string of the molecule is CC1(C)CC[C@@H](NC(=O)[C@]2(C)CC2(Cl)Cl)c2ccccc21. The lowest BCUT2D eigenvalue weighted by molar-refractivity contribution is -0.126. The van der Waals surface area contributed by atoms with Gasteiger partial charge in [-0.15, -0.1) is 23.2 Å². The largest absolute Gasteiger partial charge is 0.349 e. The first-order valence-electron chi connectivity index (χ1n) is 7.46. The van der Waals surface area contributed by atoms with E-state index in [4.69, 9.17) is 23.2 Å². The third kappa shape index (κ3) is 2.37. The van der Waals surface area contributed by atoms with Gasteiger partial charge in [-0.3, -0.25) is 4.79 Å². The van der Waals surface area contributed by atoms with Crippen molar-refractivity contribution in [1.29, 1.82) is 0 Å². The van der Waals surface area contributed by atoms with Crippen molar-refractivity contribution in [2.45, 2.75) is 55.8 Å². The van der Waals surface area contributed by atoms with E-state index in [0.717, 1.165) is 12.8 Å². The minimum absolute atomic E-state index is 0.0352. The molecule has 0 aliphatic heterocycles. The zero-order valence-corrected chi connectivity index (χ0v) is 14.2. The highest BCUT2D eigenvalue weighted by Gasteiger charge is 2.68. The molecule has 1 aromatic rings. The molecule has 0 heterocycles. The highest BCUT2D eigenvalue weighted by atomic mass is 35.5. The third-order valence-electron chi connectivity index (χ3n) is 5.19. The van der Waals surface area contributed by atoms with Gasteiger partial charge in [-0.1, -0.05) is 38.1 Å². The van der Waals surface area contributed by atoms with E-state index in [2.05, 4.69) is 37.4 Å². The topological polar surface area (TPSA) is 29.1 Å². The van der Waals surface area contributed by atoms with E-state index in [1.807, 2.05) is 13.0 Å². The van der Waals surface area contributed by atoms with Crippen LogP contribution in [0.4, 0.5) is 0 Å². The average Bonchev–Trinajstić information content (AvgIpc) is 2.94. The Morgan fingerprint density at radius 1 is 1.24 bits per heavy atom. The number of hydrogen-bond donors (Lipinski definition) is 1. The Balaban J connectivity index is 1.84. The Labute approximate surface area is 136 Å². The van der Waals surface area contributed by atoms with Gasteiger partial charge in [0.2, 0.25) is 5.91 Å². The van der Waals surface area contributed by atoms with Crippen molar-refractivity contribution in [3.8, 4) is 0 Å². The molecule has 1 amide bonds. The molecule has 2 nitrogen and oxygen atoms in total. The van der Waals surface area contributed by atoms with Gasteiger partial charge in [0.05, 0.1) is 11.5 Å². The summed E-state index contributed by atoms with van der Waals surface area (Å²) in [5.41, 5.74) is 2.05. The highest BCUT2D eigenvalue weighted by molar-refractivity contribution is 6.53. The molecule has 1 fully saturated rings. The molecule has 0 radical (unpaired) electrons. The van der Waals surface area contributed by atoms with E-state index >= 15 is 0 Å². The quantitative estimate of drug-likeness (QED) is 0.797. The van der Waals surface area contributed by atoms with E-state index in [9.17, 15) is 4.79 Å². The van der Waals surface area contributed by atoms with Gasteiger partial charge in [0.1, 0.15) is 4.33 Å². The molecule has 0 spiro atoms. The maximum Gasteiger partial charge on any atom is 0.229 e. The second-order valence-electron chi connectivity index (χ2n) is 7.25. The molecular weight excluding hydrogens is 305 g/mol. The molecule has 2 aliphatic rings. The van der Waals surface area contributed by atoms with Crippen LogP contribution in [-0.4, -0.2) is 10.2 Å². The fourth-order valence-corrected chi connectivity index (χ4v) is 4.03. The van der Waals surface area contributed by atoms with Crippen LogP contribution in [0.3, 0.4) is 0 Å². The van der Waals surface area contributed by atoms with Gasteiger partial charge in [-0.05, 0) is 42.7 Å². The lowest BCUT2D eigenvalue weighted by Gasteiger charge is -2.37. The van der Waals surface area contributed by atoms with E-state index in [0.29, 0.717) is 6.42 Å². The van der Waals surface area contributed by atoms with Crippen molar-refractivity contribution in [3.63, 3.8) is 0 Å². The number of alkyl halides is 2. The van der Waals surface area contributed by atoms with E-state index in [1.165, 1.54) is 11.1 Å². The fraction of sp³-hybridized carbons (Fsp3) is 0.588. The molecule has 2 atom stereocenters. The first kappa shape index (κ1) is 15.2. The molecule has 21 heavy (non-hydrogen) atoms. The van der Waals surface area contributed by atoms with Crippen molar-refractivity contribution in [1.82, 2.24) is 5.32 Å². The minimum atomic E-state index is -0.912. The Hall–Kier alpha value is -0.730. The first-order valence-corrected chi connectivity index (χ1v) is 8.21. The predicted molar refractivity (Wildman–Crippen MR) is 86.7 cm³/mol. The number of benzene rings is 1. The van der Waals surface area contributed by atoms with Crippen molar-refractivity contribution < 1.29 is 4.79 Å². The van der Waals surface area contributed by atoms with Crippen molar-refractivity contribution >= 4 is 29.1 Å². The van der Waals surface area contributed by atoms with E-state index < -0.39 is 9.75 Å². The maximum absolute atomic E-state index is 12.5. The predicted octanol–water partition coefficient (Wildman–Crippen LogP) is 4.50. The molecule has 2 aliphatic carbocycles. The molecule has 1 saturated carbocycles. The molecular formula is C17H21Cl2NO. The molecule has 4 heteroatoms. The first-order chi connectivity index (χ1) is 9.67. The van der Waals surface area contributed by atoms with Crippen LogP contribution < -0.4 is 5.32 Å². The summed E-state index contributed by atoms with van der Waals surface area (Å²) in [7, 11) is 0. The van der Waals surface area contributed by atoms with Crippen molar-refractivity contribution in [2.75, 3.05) is 0 Å². The summed E-state index contributed by atoms with van der Waals surface area (Å²) >= 11 is 12.2. The second-order valence-corrected chi connectivity index (χ2v) is 8.73. The zero-order chi connectivity index (χ0) is 15.5. The Morgan fingerprint density at radius 3 is 2.48 bits per heavy atom. The molecule has 0 unspecified atom stereocenters. The Bertz CT molecular complexity index is 596. The van der Waals surface area contributed by atoms with Crippen LogP contribution in [-0.2, 0) is 10.2 Å². The average molecular weight is 326 g/mol. The molecule has 3 rings (SSSR count). The smallest absolute Gasteiger partial charge is 0.229 e. The van der Waals surface area contributed by atoms with Crippen LogP contribution in [0.1, 0.15) is 57.2 Å². The Kier molecular flexibility index (Phi) is 3.35. The Morgan fingerprint density at radius 2 is 1.86 bits per heavy atom. The van der Waals surface area contributed by atoms with Crippen molar-refractivity contribution in [3.05, 3.63) is 35.4 Å². The molecule has 0 saturated heterocycles. The number of amides is 1. The van der Waals surface area contributed by atoms with Gasteiger partial charge in [-0.2, -0.15) is 0 Å². The molecule has 0 bridgehead atoms. The summed E-state index contributed by atoms with van der Waals surface area (Å²) < 4.78 is -0.912. The van der Waals surface area contributed by atoms with Gasteiger partial charge in [0.15, 0.2) is 0 Å². The van der Waals surface area contributed by atoms with Crippen LogP contribution in [0.25, 0.3) is 0 Å². The molecule has 1 N–H and O–H groups in total. The van der Waals surface area contributed by atoms with Gasteiger partial charge in [0, 0.05) is 0 Å². The molecule has 0 aromatic heterocycles. The number of carbonyl (C=O) groups is 1. The third-order valence-corrected chi connectivity index (χ3v) is 6.29. The highest BCUT2D eigenvalue weighted by Crippen LogP contribution is 2.64. The monoisotopic (exact) mass is 325 g/mol. The normalized spacial score (nSPS) is 32.1. The number of carbonyl (C=O) groups excluding carboxylic acids is 1. The lowest BCUT2D eigenvalue weighted by atomic mass is 9.71. The van der Waals surface area contributed by atoms with E-state index in [1.54, 1.807) is 0 Å². The minimum Gasteiger partial charge on any atom is -0.349 e. The van der Waals surface area contributed by atoms with E-state index in [-0.39, 0.29) is 17.4 Å². The second kappa shape index (κ2) is 4.63. The van der Waals surface area contributed by atoms with Gasteiger partial charge in [-0.25, -0.2) is 0 Å². The van der Waals surface area contributed by atoms with Crippen LogP contribution >= 0.6 is 23.2 Å². The number of halogens is 2. The van der Waals surface area contributed by atoms with Crippen molar-refractivity contribution in [2.24, 2.45) is 5.41 Å². The molecule has 114 valence electrons. The summed E-state index contributed by atoms with van der Waals surface area (Å²) in [5.74, 6) is -0.0352. The number of fused-ring (bicyclic) bond motifs is 1. The number of nitrogens with one attached hydrogen (secondary N) is 1. The van der Waals surface area contributed by atoms with Gasteiger partial charge >= 0.3 is 0 Å². The number of hydrogen-bond acceptors (Lipinski definition) is 1. The fourth-order valence-electron chi connectivity index (χ4n) is 3.33. The summed E-state index contributed by atoms with van der Waals surface area (Å²) in [4.78, 5) is 12.5. The summed E-state index contributed by atoms with van der Waals surface area (Å²) in [6, 6.07) is 8.44. The summed E-state index contributed by atoms with van der Waals surface area (Å²) in [5, 5.41) is 3.16. The lowest BCUT2D eigenvalue weighted by Crippen LogP contribution is -2.39. The number of rotatable bonds is 2. The van der Waals surface area contributed by atoms with Crippen LogP contribution in [0.2, 0.25) is 0 Å². The van der Waals surface area contributed by atoms with Crippen LogP contribution in [0.15, 0.2) is 24.3 Å². The maximum atomic E-state index is 12.5. The van der Waals surface area contributed by atoms with Crippen LogP contribution in [0, 0.1) is 5.41 Å². The summed E-state index contributed by atoms with van der Waals surface area (Å²) in [6.07, 6.45) is 2.52. The van der Waals surface area contributed by atoms with Gasteiger partial charge in [0.25, 0.3) is 0 Å². The summed E-state index contributed by atoms with van der Waals surface area (Å²) in [6.45, 7) is 6.35.